The molecule has 8 atom stereocenters. The first-order chi connectivity index (χ1) is 6.23. The van der Waals surface area contributed by atoms with Crippen molar-refractivity contribution in [3.63, 3.8) is 0 Å². The van der Waals surface area contributed by atoms with Gasteiger partial charge in [0, 0.05) is 16.2 Å². The number of Topliss-reactive ketones (excluding diaryl/α,β-unsaturated/α-hetero) is 1. The zero-order chi connectivity index (χ0) is 8.53. The van der Waals surface area contributed by atoms with Crippen molar-refractivity contribution >= 4 is 21.7 Å². The van der Waals surface area contributed by atoms with Gasteiger partial charge < -0.3 is 0 Å². The summed E-state index contributed by atoms with van der Waals surface area (Å²) in [4.78, 5) is 12.1. The number of hydrogen-bond donors (Lipinski definition) is 0. The van der Waals surface area contributed by atoms with E-state index in [0.29, 0.717) is 21.9 Å². The Kier molecular flexibility index (Phi) is 0.742. The number of halogens is 1. The molecule has 0 aromatic heterocycles. The van der Waals surface area contributed by atoms with Gasteiger partial charge in [-0.2, -0.15) is 0 Å². The SMILES string of the molecule is O=C1[C@H]2[C@H]3C[C@H]4[C@@H]5C[C@](Br)([C@@H]42)[C@@H]1[C@@H]35. The summed E-state index contributed by atoms with van der Waals surface area (Å²) in [7, 11) is 0. The van der Waals surface area contributed by atoms with Gasteiger partial charge in [0.2, 0.25) is 0 Å². The molecule has 6 rings (SSSR count). The lowest BCUT2D eigenvalue weighted by Crippen LogP contribution is -2.39. The van der Waals surface area contributed by atoms with Crippen LogP contribution in [0.4, 0.5) is 0 Å². The monoisotopic (exact) mass is 238 g/mol. The van der Waals surface area contributed by atoms with Crippen LogP contribution in [-0.4, -0.2) is 10.1 Å². The molecule has 6 saturated carbocycles. The first-order valence-corrected chi connectivity index (χ1v) is 6.25. The molecule has 13 heavy (non-hydrogen) atoms. The smallest absolute Gasteiger partial charge is 0.141 e. The summed E-state index contributed by atoms with van der Waals surface area (Å²) in [5, 5.41) is 0. The van der Waals surface area contributed by atoms with Gasteiger partial charge in [0.05, 0.1) is 0 Å². The molecule has 6 bridgehead atoms. The summed E-state index contributed by atoms with van der Waals surface area (Å²) in [6.45, 7) is 0. The molecule has 0 heterocycles. The first kappa shape index (κ1) is 6.60. The summed E-state index contributed by atoms with van der Waals surface area (Å²) >= 11 is 3.94. The Morgan fingerprint density at radius 3 is 2.92 bits per heavy atom. The van der Waals surface area contributed by atoms with Crippen LogP contribution in [0.2, 0.25) is 0 Å². The van der Waals surface area contributed by atoms with Crippen molar-refractivity contribution in [1.82, 2.24) is 0 Å². The largest absolute Gasteiger partial charge is 0.299 e. The predicted octanol–water partition coefficient (Wildman–Crippen LogP) is 1.85. The van der Waals surface area contributed by atoms with E-state index in [2.05, 4.69) is 15.9 Å². The van der Waals surface area contributed by atoms with E-state index in [0.717, 1.165) is 29.6 Å². The Hall–Kier alpha value is 0.150. The van der Waals surface area contributed by atoms with E-state index in [-0.39, 0.29) is 0 Å². The first-order valence-electron chi connectivity index (χ1n) is 5.46. The highest BCUT2D eigenvalue weighted by molar-refractivity contribution is 9.10. The quantitative estimate of drug-likeness (QED) is 0.589. The van der Waals surface area contributed by atoms with Crippen LogP contribution in [0.3, 0.4) is 0 Å². The van der Waals surface area contributed by atoms with E-state index in [4.69, 9.17) is 0 Å². The Labute approximate surface area is 85.4 Å². The lowest BCUT2D eigenvalue weighted by Gasteiger charge is -2.37. The molecule has 68 valence electrons. The van der Waals surface area contributed by atoms with E-state index in [1.807, 2.05) is 0 Å². The van der Waals surface area contributed by atoms with Gasteiger partial charge in [0.15, 0.2) is 0 Å². The molecule has 1 nitrogen and oxygen atoms in total. The highest BCUT2D eigenvalue weighted by Gasteiger charge is 2.85. The van der Waals surface area contributed by atoms with Gasteiger partial charge in [-0.3, -0.25) is 4.79 Å². The van der Waals surface area contributed by atoms with Gasteiger partial charge in [-0.25, -0.2) is 0 Å². The maximum atomic E-state index is 12.1. The second kappa shape index (κ2) is 1.46. The van der Waals surface area contributed by atoms with Crippen LogP contribution in [0.1, 0.15) is 12.8 Å². The lowest BCUT2D eigenvalue weighted by molar-refractivity contribution is -0.122. The molecular weight excluding hydrogens is 228 g/mol. The molecule has 0 radical (unpaired) electrons. The molecule has 0 amide bonds. The minimum atomic E-state index is 0.307. The van der Waals surface area contributed by atoms with Crippen molar-refractivity contribution in [3.05, 3.63) is 0 Å². The molecule has 0 saturated heterocycles. The molecule has 0 spiro atoms. The van der Waals surface area contributed by atoms with Crippen LogP contribution in [0.25, 0.3) is 0 Å². The van der Waals surface area contributed by atoms with E-state index in [1.165, 1.54) is 12.8 Å². The maximum absolute atomic E-state index is 12.1. The van der Waals surface area contributed by atoms with Gasteiger partial charge in [0.1, 0.15) is 5.78 Å². The molecule has 6 aliphatic rings. The third-order valence-corrected chi connectivity index (χ3v) is 7.38. The van der Waals surface area contributed by atoms with Gasteiger partial charge >= 0.3 is 0 Å². The van der Waals surface area contributed by atoms with Crippen LogP contribution < -0.4 is 0 Å². The number of ketones is 1. The molecule has 2 heteroatoms. The fraction of sp³-hybridized carbons (Fsp3) is 0.909. The van der Waals surface area contributed by atoms with Gasteiger partial charge in [-0.15, -0.1) is 0 Å². The number of carbonyl (C=O) groups is 1. The Bertz CT molecular complexity index is 365. The van der Waals surface area contributed by atoms with Crippen molar-refractivity contribution in [3.8, 4) is 0 Å². The topological polar surface area (TPSA) is 17.1 Å². The average Bonchev–Trinajstić information content (AvgIpc) is 2.70. The second-order valence-electron chi connectivity index (χ2n) is 5.87. The second-order valence-corrected chi connectivity index (χ2v) is 7.34. The minimum Gasteiger partial charge on any atom is -0.299 e. The molecule has 0 unspecified atom stereocenters. The summed E-state index contributed by atoms with van der Waals surface area (Å²) in [5.41, 5.74) is 0. The third-order valence-electron chi connectivity index (χ3n) is 6.03. The maximum Gasteiger partial charge on any atom is 0.141 e. The van der Waals surface area contributed by atoms with Gasteiger partial charge in [0.25, 0.3) is 0 Å². The Balaban J connectivity index is 1.94. The standard InChI is InChI=1S/C11H11BrO/c12-11-2-5-3-1-4-6(5)9(11)10(13)7(4)8(3)11/h3-9H,1-2H2/t3-,4-,5-,6-,7-,8-,9+,11-/m0/s1. The van der Waals surface area contributed by atoms with Crippen molar-refractivity contribution < 1.29 is 4.79 Å². The van der Waals surface area contributed by atoms with Crippen molar-refractivity contribution in [2.24, 2.45) is 41.4 Å². The zero-order valence-corrected chi connectivity index (χ0v) is 8.83. The van der Waals surface area contributed by atoms with Crippen LogP contribution in [0, 0.1) is 41.4 Å². The van der Waals surface area contributed by atoms with E-state index in [9.17, 15) is 4.79 Å². The molecule has 6 fully saturated rings. The molecule has 0 aromatic carbocycles. The highest BCUT2D eigenvalue weighted by Crippen LogP contribution is 2.84. The Morgan fingerprint density at radius 1 is 1.31 bits per heavy atom. The normalized spacial score (nSPS) is 79.8. The van der Waals surface area contributed by atoms with Crippen LogP contribution >= 0.6 is 15.9 Å². The van der Waals surface area contributed by atoms with Crippen LogP contribution in [-0.2, 0) is 4.79 Å². The summed E-state index contributed by atoms with van der Waals surface area (Å²) in [6.07, 6.45) is 2.73. The van der Waals surface area contributed by atoms with Gasteiger partial charge in [-0.1, -0.05) is 15.9 Å². The highest BCUT2D eigenvalue weighted by atomic mass is 79.9. The number of rotatable bonds is 0. The van der Waals surface area contributed by atoms with Crippen LogP contribution in [0.5, 0.6) is 0 Å². The number of hydrogen-bond acceptors (Lipinski definition) is 1. The lowest BCUT2D eigenvalue weighted by atomic mass is 9.71. The molecule has 6 aliphatic carbocycles. The summed E-state index contributed by atoms with van der Waals surface area (Å²) in [6, 6.07) is 0. The molecule has 0 aliphatic heterocycles. The van der Waals surface area contributed by atoms with E-state index >= 15 is 0 Å². The Morgan fingerprint density at radius 2 is 2.15 bits per heavy atom. The number of alkyl halides is 1. The zero-order valence-electron chi connectivity index (χ0n) is 7.24. The molecule has 0 aromatic rings. The van der Waals surface area contributed by atoms with Crippen molar-refractivity contribution in [2.75, 3.05) is 0 Å². The van der Waals surface area contributed by atoms with E-state index in [1.54, 1.807) is 0 Å². The summed E-state index contributed by atoms with van der Waals surface area (Å²) in [5.74, 6) is 5.94. The minimum absolute atomic E-state index is 0.307. The fourth-order valence-electron chi connectivity index (χ4n) is 6.19. The van der Waals surface area contributed by atoms with Gasteiger partial charge in [-0.05, 0) is 42.4 Å². The average molecular weight is 239 g/mol. The molecular formula is C11H11BrO. The third kappa shape index (κ3) is 0.383. The fourth-order valence-corrected chi connectivity index (χ4v) is 7.72. The van der Waals surface area contributed by atoms with E-state index < -0.39 is 0 Å². The summed E-state index contributed by atoms with van der Waals surface area (Å²) < 4.78 is 0.307. The van der Waals surface area contributed by atoms with Crippen molar-refractivity contribution in [2.45, 2.75) is 17.2 Å². The predicted molar refractivity (Wildman–Crippen MR) is 50.3 cm³/mol. The van der Waals surface area contributed by atoms with Crippen LogP contribution in [0.15, 0.2) is 0 Å². The number of carbonyl (C=O) groups excluding carboxylic acids is 1. The van der Waals surface area contributed by atoms with Crippen molar-refractivity contribution in [1.29, 1.82) is 0 Å². The molecule has 0 N–H and O–H groups in total.